The van der Waals surface area contributed by atoms with Gasteiger partial charge >= 0.3 is 0 Å². The lowest BCUT2D eigenvalue weighted by molar-refractivity contribution is 0.626. The topological polar surface area (TPSA) is 43.8 Å². The number of nitrogen functional groups attached to an aromatic ring is 1. The third kappa shape index (κ3) is 2.62. The first-order valence-corrected chi connectivity index (χ1v) is 6.80. The lowest BCUT2D eigenvalue weighted by Gasteiger charge is -2.04. The Morgan fingerprint density at radius 3 is 2.48 bits per heavy atom. The molecule has 0 saturated carbocycles. The fraction of sp³-hybridized carbons (Fsp3) is 0.0625. The Morgan fingerprint density at radius 2 is 1.81 bits per heavy atom. The lowest BCUT2D eigenvalue weighted by atomic mass is 10.1. The van der Waals surface area contributed by atoms with E-state index < -0.39 is 5.82 Å². The molecule has 0 bridgehead atoms. The molecule has 0 atom stereocenters. The average molecular weight is 302 g/mol. The summed E-state index contributed by atoms with van der Waals surface area (Å²) in [7, 11) is 0. The maximum absolute atomic E-state index is 13.6. The molecule has 0 saturated heterocycles. The van der Waals surface area contributed by atoms with Gasteiger partial charge < -0.3 is 5.73 Å². The van der Waals surface area contributed by atoms with Gasteiger partial charge in [-0.05, 0) is 19.1 Å². The third-order valence-corrected chi connectivity index (χ3v) is 3.54. The Balaban J connectivity index is 2.05. The second kappa shape index (κ2) is 5.22. The van der Waals surface area contributed by atoms with E-state index in [0.717, 1.165) is 11.3 Å². The molecule has 0 aliphatic carbocycles. The summed E-state index contributed by atoms with van der Waals surface area (Å²) < 4.78 is 15.1. The lowest BCUT2D eigenvalue weighted by Crippen LogP contribution is -2.02. The molecule has 2 N–H and O–H groups in total. The maximum Gasteiger partial charge on any atom is 0.143 e. The molecule has 3 aromatic rings. The van der Waals surface area contributed by atoms with Gasteiger partial charge in [0.25, 0.3) is 0 Å². The fourth-order valence-electron chi connectivity index (χ4n) is 2.08. The molecule has 2 aromatic carbocycles. The summed E-state index contributed by atoms with van der Waals surface area (Å²) >= 11 is 5.69. The van der Waals surface area contributed by atoms with Crippen molar-refractivity contribution in [1.82, 2.24) is 9.78 Å². The standard InChI is InChI=1S/C16H13ClFN3/c1-10-2-4-11(5-3-10)15-9-16(19)21(20-15)12-6-7-13(17)14(18)8-12/h2-9H,19H2,1H3. The minimum Gasteiger partial charge on any atom is -0.384 e. The van der Waals surface area contributed by atoms with Crippen LogP contribution in [0.2, 0.25) is 5.02 Å². The van der Waals surface area contributed by atoms with Crippen molar-refractivity contribution in [2.75, 3.05) is 5.73 Å². The summed E-state index contributed by atoms with van der Waals surface area (Å²) in [5.74, 6) is -0.0618. The van der Waals surface area contributed by atoms with E-state index in [2.05, 4.69) is 5.10 Å². The van der Waals surface area contributed by atoms with Gasteiger partial charge in [-0.2, -0.15) is 5.10 Å². The van der Waals surface area contributed by atoms with E-state index in [9.17, 15) is 4.39 Å². The Hall–Kier alpha value is -2.33. The predicted molar refractivity (Wildman–Crippen MR) is 83.1 cm³/mol. The highest BCUT2D eigenvalue weighted by Gasteiger charge is 2.10. The van der Waals surface area contributed by atoms with Gasteiger partial charge in [-0.1, -0.05) is 41.4 Å². The van der Waals surface area contributed by atoms with Crippen LogP contribution in [0.15, 0.2) is 48.5 Å². The molecule has 106 valence electrons. The Bertz CT molecular complexity index is 794. The first-order chi connectivity index (χ1) is 10.0. The molecule has 1 aromatic heterocycles. The zero-order valence-corrected chi connectivity index (χ0v) is 12.1. The van der Waals surface area contributed by atoms with Crippen molar-refractivity contribution in [3.63, 3.8) is 0 Å². The molecule has 0 fully saturated rings. The molecular formula is C16H13ClFN3. The highest BCUT2D eigenvalue weighted by molar-refractivity contribution is 6.30. The number of hydrogen-bond donors (Lipinski definition) is 1. The molecular weight excluding hydrogens is 289 g/mol. The summed E-state index contributed by atoms with van der Waals surface area (Å²) in [5, 5.41) is 4.51. The Kier molecular flexibility index (Phi) is 3.39. The van der Waals surface area contributed by atoms with Crippen LogP contribution >= 0.6 is 11.6 Å². The molecule has 3 nitrogen and oxygen atoms in total. The average Bonchev–Trinajstić information content (AvgIpc) is 2.85. The summed E-state index contributed by atoms with van der Waals surface area (Å²) in [5.41, 5.74) is 9.38. The minimum absolute atomic E-state index is 0.0724. The number of aryl methyl sites for hydroxylation is 1. The van der Waals surface area contributed by atoms with Gasteiger partial charge in [0.1, 0.15) is 11.6 Å². The summed E-state index contributed by atoms with van der Waals surface area (Å²) in [6, 6.07) is 14.2. The SMILES string of the molecule is Cc1ccc(-c2cc(N)n(-c3ccc(Cl)c(F)c3)n2)cc1. The van der Waals surface area contributed by atoms with Crippen LogP contribution in [0.5, 0.6) is 0 Å². The van der Waals surface area contributed by atoms with Crippen LogP contribution in [-0.2, 0) is 0 Å². The second-order valence-corrected chi connectivity index (χ2v) is 5.24. The molecule has 0 aliphatic heterocycles. The number of anilines is 1. The van der Waals surface area contributed by atoms with Gasteiger partial charge in [0.05, 0.1) is 16.4 Å². The van der Waals surface area contributed by atoms with E-state index in [1.165, 1.54) is 22.4 Å². The van der Waals surface area contributed by atoms with Crippen LogP contribution in [0.3, 0.4) is 0 Å². The van der Waals surface area contributed by atoms with E-state index >= 15 is 0 Å². The van der Waals surface area contributed by atoms with Gasteiger partial charge in [0, 0.05) is 17.7 Å². The molecule has 21 heavy (non-hydrogen) atoms. The van der Waals surface area contributed by atoms with Crippen LogP contribution in [0, 0.1) is 12.7 Å². The van der Waals surface area contributed by atoms with Crippen molar-refractivity contribution in [3.8, 4) is 16.9 Å². The van der Waals surface area contributed by atoms with Crippen LogP contribution in [-0.4, -0.2) is 9.78 Å². The van der Waals surface area contributed by atoms with Gasteiger partial charge in [0.15, 0.2) is 0 Å². The van der Waals surface area contributed by atoms with Crippen molar-refractivity contribution in [3.05, 3.63) is 64.9 Å². The highest BCUT2D eigenvalue weighted by Crippen LogP contribution is 2.25. The second-order valence-electron chi connectivity index (χ2n) is 4.83. The molecule has 0 unspecified atom stereocenters. The van der Waals surface area contributed by atoms with Gasteiger partial charge in [-0.15, -0.1) is 0 Å². The number of rotatable bonds is 2. The number of nitrogens with two attached hydrogens (primary N) is 1. The monoisotopic (exact) mass is 301 g/mol. The summed E-state index contributed by atoms with van der Waals surface area (Å²) in [6.07, 6.45) is 0. The van der Waals surface area contributed by atoms with Crippen LogP contribution in [0.4, 0.5) is 10.2 Å². The van der Waals surface area contributed by atoms with Crippen LogP contribution < -0.4 is 5.73 Å². The van der Waals surface area contributed by atoms with Gasteiger partial charge in [-0.25, -0.2) is 9.07 Å². The normalized spacial score (nSPS) is 10.8. The number of benzene rings is 2. The van der Waals surface area contributed by atoms with Gasteiger partial charge in [0.2, 0.25) is 0 Å². The number of halogens is 2. The van der Waals surface area contributed by atoms with Crippen molar-refractivity contribution >= 4 is 17.4 Å². The largest absolute Gasteiger partial charge is 0.384 e. The molecule has 0 aliphatic rings. The molecule has 0 amide bonds. The molecule has 0 radical (unpaired) electrons. The smallest absolute Gasteiger partial charge is 0.143 e. The molecule has 5 heteroatoms. The van der Waals surface area contributed by atoms with Crippen LogP contribution in [0.1, 0.15) is 5.56 Å². The predicted octanol–water partition coefficient (Wildman–Crippen LogP) is 4.22. The molecule has 0 spiro atoms. The fourth-order valence-corrected chi connectivity index (χ4v) is 2.20. The maximum atomic E-state index is 13.6. The first kappa shape index (κ1) is 13.6. The third-order valence-electron chi connectivity index (χ3n) is 3.23. The van der Waals surface area contributed by atoms with Crippen molar-refractivity contribution < 1.29 is 4.39 Å². The first-order valence-electron chi connectivity index (χ1n) is 6.42. The quantitative estimate of drug-likeness (QED) is 0.770. The Labute approximate surface area is 126 Å². The minimum atomic E-state index is -0.499. The number of nitrogens with zero attached hydrogens (tertiary/aromatic N) is 2. The van der Waals surface area contributed by atoms with Gasteiger partial charge in [-0.3, -0.25) is 0 Å². The van der Waals surface area contributed by atoms with E-state index in [1.807, 2.05) is 31.2 Å². The molecule has 1 heterocycles. The number of hydrogen-bond acceptors (Lipinski definition) is 2. The van der Waals surface area contributed by atoms with Crippen molar-refractivity contribution in [2.24, 2.45) is 0 Å². The Morgan fingerprint density at radius 1 is 1.10 bits per heavy atom. The van der Waals surface area contributed by atoms with Crippen molar-refractivity contribution in [1.29, 1.82) is 0 Å². The highest BCUT2D eigenvalue weighted by atomic mass is 35.5. The summed E-state index contributed by atoms with van der Waals surface area (Å²) in [4.78, 5) is 0. The summed E-state index contributed by atoms with van der Waals surface area (Å²) in [6.45, 7) is 2.02. The van der Waals surface area contributed by atoms with E-state index in [-0.39, 0.29) is 5.02 Å². The van der Waals surface area contributed by atoms with Crippen molar-refractivity contribution in [2.45, 2.75) is 6.92 Å². The zero-order chi connectivity index (χ0) is 15.0. The zero-order valence-electron chi connectivity index (χ0n) is 11.3. The van der Waals surface area contributed by atoms with E-state index in [1.54, 1.807) is 12.1 Å². The number of aromatic nitrogens is 2. The van der Waals surface area contributed by atoms with Crippen LogP contribution in [0.25, 0.3) is 16.9 Å². The van der Waals surface area contributed by atoms with E-state index in [4.69, 9.17) is 17.3 Å². The van der Waals surface area contributed by atoms with E-state index in [0.29, 0.717) is 11.5 Å². The molecule has 3 rings (SSSR count).